The number of para-hydroxylation sites is 1. The number of halogens is 1. The summed E-state index contributed by atoms with van der Waals surface area (Å²) in [6.07, 6.45) is 0.351. The zero-order valence-electron chi connectivity index (χ0n) is 10.7. The molecule has 2 aromatic carbocycles. The molecule has 1 aliphatic rings. The molecule has 0 atom stereocenters. The molecule has 2 aromatic rings. The molecule has 0 spiro atoms. The quantitative estimate of drug-likeness (QED) is 0.803. The lowest BCUT2D eigenvalue weighted by Gasteiger charge is -2.28. The summed E-state index contributed by atoms with van der Waals surface area (Å²) in [5.41, 5.74) is 1.81. The third-order valence-corrected chi connectivity index (χ3v) is 3.61. The summed E-state index contributed by atoms with van der Waals surface area (Å²) in [5.74, 6) is -0.0526. The summed E-state index contributed by atoms with van der Waals surface area (Å²) < 4.78 is 0. The van der Waals surface area contributed by atoms with Gasteiger partial charge in [-0.1, -0.05) is 29.8 Å². The van der Waals surface area contributed by atoms with Gasteiger partial charge < -0.3 is 4.90 Å². The highest BCUT2D eigenvalue weighted by Gasteiger charge is 2.27. The Morgan fingerprint density at radius 3 is 2.70 bits per heavy atom. The maximum atomic E-state index is 12.6. The van der Waals surface area contributed by atoms with E-state index in [-0.39, 0.29) is 11.7 Å². The summed E-state index contributed by atoms with van der Waals surface area (Å²) in [5, 5.41) is 0.525. The van der Waals surface area contributed by atoms with Gasteiger partial charge in [-0.05, 0) is 30.3 Å². The Morgan fingerprint density at radius 1 is 1.10 bits per heavy atom. The number of fused-ring (bicyclic) bond motifs is 1. The number of hydrogen-bond acceptors (Lipinski definition) is 2. The number of anilines is 1. The van der Waals surface area contributed by atoms with Crippen molar-refractivity contribution >= 4 is 29.0 Å². The van der Waals surface area contributed by atoms with Crippen LogP contribution in [-0.2, 0) is 0 Å². The van der Waals surface area contributed by atoms with Crippen LogP contribution in [0.5, 0.6) is 0 Å². The molecule has 0 fully saturated rings. The lowest BCUT2D eigenvalue weighted by molar-refractivity contribution is 0.0955. The second-order valence-corrected chi connectivity index (χ2v) is 5.09. The number of rotatable bonds is 1. The van der Waals surface area contributed by atoms with E-state index in [0.29, 0.717) is 34.8 Å². The molecule has 4 heteroatoms. The number of benzene rings is 2. The molecule has 0 radical (unpaired) electrons. The molecule has 0 aromatic heterocycles. The fourth-order valence-corrected chi connectivity index (χ4v) is 2.59. The number of Topliss-reactive ketones (excluding diaryl/α,β-unsaturated/α-hetero) is 1. The number of amides is 1. The van der Waals surface area contributed by atoms with Gasteiger partial charge in [0.25, 0.3) is 5.91 Å². The highest BCUT2D eigenvalue weighted by atomic mass is 35.5. The predicted octanol–water partition coefficient (Wildman–Crippen LogP) is 3.57. The van der Waals surface area contributed by atoms with E-state index in [9.17, 15) is 9.59 Å². The molecule has 0 aliphatic carbocycles. The number of ketones is 1. The first-order valence-electron chi connectivity index (χ1n) is 6.36. The van der Waals surface area contributed by atoms with E-state index in [0.717, 1.165) is 0 Å². The van der Waals surface area contributed by atoms with Gasteiger partial charge in [0.2, 0.25) is 0 Å². The Balaban J connectivity index is 2.01. The molecule has 1 amide bonds. The summed E-state index contributed by atoms with van der Waals surface area (Å²) in [6.45, 7) is 0.404. The lowest BCUT2D eigenvalue weighted by atomic mass is 9.99. The van der Waals surface area contributed by atoms with Crippen LogP contribution in [-0.4, -0.2) is 18.2 Å². The standard InChI is InChI=1S/C16H12ClNO2/c17-12-5-3-4-11(10-12)16(20)18-9-8-15(19)13-6-1-2-7-14(13)18/h1-7,10H,8-9H2. The first-order valence-corrected chi connectivity index (χ1v) is 6.74. The molecule has 3 rings (SSSR count). The van der Waals surface area contributed by atoms with Crippen LogP contribution in [0.25, 0.3) is 0 Å². The van der Waals surface area contributed by atoms with E-state index >= 15 is 0 Å². The average Bonchev–Trinajstić information content (AvgIpc) is 2.47. The van der Waals surface area contributed by atoms with Gasteiger partial charge in [0.1, 0.15) is 0 Å². The van der Waals surface area contributed by atoms with Crippen LogP contribution in [0.3, 0.4) is 0 Å². The van der Waals surface area contributed by atoms with E-state index in [1.54, 1.807) is 41.3 Å². The van der Waals surface area contributed by atoms with Crippen LogP contribution < -0.4 is 4.90 Å². The zero-order chi connectivity index (χ0) is 14.1. The van der Waals surface area contributed by atoms with Gasteiger partial charge in [0, 0.05) is 29.1 Å². The molecule has 1 heterocycles. The molecule has 0 N–H and O–H groups in total. The summed E-state index contributed by atoms with van der Waals surface area (Å²) in [4.78, 5) is 26.1. The molecule has 0 bridgehead atoms. The van der Waals surface area contributed by atoms with Crippen molar-refractivity contribution in [2.45, 2.75) is 6.42 Å². The Kier molecular flexibility index (Phi) is 3.28. The van der Waals surface area contributed by atoms with Gasteiger partial charge in [-0.2, -0.15) is 0 Å². The second kappa shape index (κ2) is 5.10. The molecule has 0 unspecified atom stereocenters. The topological polar surface area (TPSA) is 37.4 Å². The minimum atomic E-state index is -0.132. The van der Waals surface area contributed by atoms with Crippen LogP contribution in [0.1, 0.15) is 27.1 Å². The normalized spacial score (nSPS) is 14.1. The van der Waals surface area contributed by atoms with Crippen LogP contribution in [0.2, 0.25) is 5.02 Å². The predicted molar refractivity (Wildman–Crippen MR) is 78.5 cm³/mol. The Bertz CT molecular complexity index is 696. The molecule has 3 nitrogen and oxygen atoms in total. The van der Waals surface area contributed by atoms with Crippen molar-refractivity contribution in [2.24, 2.45) is 0 Å². The SMILES string of the molecule is O=C1CCN(C(=O)c2cccc(Cl)c2)c2ccccc21. The first kappa shape index (κ1) is 12.9. The van der Waals surface area contributed by atoms with E-state index in [1.807, 2.05) is 12.1 Å². The molecular formula is C16H12ClNO2. The van der Waals surface area contributed by atoms with Crippen molar-refractivity contribution in [1.29, 1.82) is 0 Å². The van der Waals surface area contributed by atoms with Crippen LogP contribution in [0.4, 0.5) is 5.69 Å². The van der Waals surface area contributed by atoms with E-state index in [1.165, 1.54) is 0 Å². The Morgan fingerprint density at radius 2 is 1.90 bits per heavy atom. The van der Waals surface area contributed by atoms with Crippen molar-refractivity contribution in [3.63, 3.8) is 0 Å². The maximum Gasteiger partial charge on any atom is 0.258 e. The molecule has 1 aliphatic heterocycles. The minimum absolute atomic E-state index is 0.0794. The van der Waals surface area contributed by atoms with Crippen molar-refractivity contribution in [1.82, 2.24) is 0 Å². The van der Waals surface area contributed by atoms with Gasteiger partial charge in [-0.25, -0.2) is 0 Å². The van der Waals surface area contributed by atoms with Crippen LogP contribution in [0.15, 0.2) is 48.5 Å². The van der Waals surface area contributed by atoms with E-state index in [4.69, 9.17) is 11.6 Å². The molecule has 20 heavy (non-hydrogen) atoms. The van der Waals surface area contributed by atoms with Gasteiger partial charge >= 0.3 is 0 Å². The largest absolute Gasteiger partial charge is 0.307 e. The molecule has 0 saturated carbocycles. The molecule has 0 saturated heterocycles. The van der Waals surface area contributed by atoms with Gasteiger partial charge in [-0.3, -0.25) is 9.59 Å². The van der Waals surface area contributed by atoms with Gasteiger partial charge in [-0.15, -0.1) is 0 Å². The highest BCUT2D eigenvalue weighted by Crippen LogP contribution is 2.28. The van der Waals surface area contributed by atoms with Gasteiger partial charge in [0.05, 0.1) is 5.69 Å². The lowest BCUT2D eigenvalue weighted by Crippen LogP contribution is -2.37. The number of carbonyl (C=O) groups is 2. The van der Waals surface area contributed by atoms with E-state index < -0.39 is 0 Å². The summed E-state index contributed by atoms with van der Waals surface area (Å²) in [7, 11) is 0. The molecular weight excluding hydrogens is 274 g/mol. The number of nitrogens with zero attached hydrogens (tertiary/aromatic N) is 1. The summed E-state index contributed by atoms with van der Waals surface area (Å²) in [6, 6.07) is 14.0. The van der Waals surface area contributed by atoms with Crippen LogP contribution in [0, 0.1) is 0 Å². The average molecular weight is 286 g/mol. The smallest absolute Gasteiger partial charge is 0.258 e. The van der Waals surface area contributed by atoms with Crippen molar-refractivity contribution in [3.8, 4) is 0 Å². The maximum absolute atomic E-state index is 12.6. The monoisotopic (exact) mass is 285 g/mol. The Labute approximate surface area is 121 Å². The summed E-state index contributed by atoms with van der Waals surface area (Å²) >= 11 is 5.93. The number of carbonyl (C=O) groups excluding carboxylic acids is 2. The van der Waals surface area contributed by atoms with Crippen molar-refractivity contribution < 1.29 is 9.59 Å². The third kappa shape index (κ3) is 2.21. The minimum Gasteiger partial charge on any atom is -0.307 e. The fourth-order valence-electron chi connectivity index (χ4n) is 2.40. The van der Waals surface area contributed by atoms with Crippen LogP contribution >= 0.6 is 11.6 Å². The molecule has 100 valence electrons. The first-order chi connectivity index (χ1) is 9.66. The third-order valence-electron chi connectivity index (χ3n) is 3.37. The van der Waals surface area contributed by atoms with Crippen molar-refractivity contribution in [2.75, 3.05) is 11.4 Å². The zero-order valence-corrected chi connectivity index (χ0v) is 11.4. The highest BCUT2D eigenvalue weighted by molar-refractivity contribution is 6.31. The fraction of sp³-hybridized carbons (Fsp3) is 0.125. The Hall–Kier alpha value is -2.13. The second-order valence-electron chi connectivity index (χ2n) is 4.66. The number of hydrogen-bond donors (Lipinski definition) is 0. The van der Waals surface area contributed by atoms with Crippen molar-refractivity contribution in [3.05, 3.63) is 64.7 Å². The van der Waals surface area contributed by atoms with Gasteiger partial charge in [0.15, 0.2) is 5.78 Å². The van der Waals surface area contributed by atoms with E-state index in [2.05, 4.69) is 0 Å².